The fourth-order valence-corrected chi connectivity index (χ4v) is 4.50. The van der Waals surface area contributed by atoms with Crippen molar-refractivity contribution in [3.8, 4) is 0 Å². The molecule has 2 aromatic rings. The molecule has 164 valence electrons. The quantitative estimate of drug-likeness (QED) is 0.726. The first kappa shape index (κ1) is 20.0. The molecule has 1 aromatic heterocycles. The molecule has 3 heterocycles. The molecule has 1 amide bonds. The molecular formula is C22H26F2N6O. The Labute approximate surface area is 179 Å². The van der Waals surface area contributed by atoms with Crippen LogP contribution in [-0.2, 0) is 0 Å². The van der Waals surface area contributed by atoms with Gasteiger partial charge in [0.15, 0.2) is 0 Å². The standard InChI is InChI=1S/C22H26F2N6O/c1-14-10-18(28-20(26-14)30-12-22(23,24)13-30)27-19(31)16-3-2-15(25)11-17(16)29-8-6-21(4-5-21)7-9-29/h2-3,10-11H,4-9,12-13,25H2,1H3,(H,26,27,28,31). The number of aryl methyl sites for hydroxylation is 1. The Kier molecular flexibility index (Phi) is 4.53. The van der Waals surface area contributed by atoms with E-state index in [4.69, 9.17) is 5.73 Å². The van der Waals surface area contributed by atoms with Crippen LogP contribution in [0.4, 0.5) is 31.9 Å². The highest BCUT2D eigenvalue weighted by Gasteiger charge is 2.46. The lowest BCUT2D eigenvalue weighted by atomic mass is 9.93. The van der Waals surface area contributed by atoms with Gasteiger partial charge < -0.3 is 20.9 Å². The minimum atomic E-state index is -2.72. The molecule has 3 aliphatic rings. The number of benzene rings is 1. The van der Waals surface area contributed by atoms with E-state index in [-0.39, 0.29) is 11.9 Å². The number of nitrogen functional groups attached to an aromatic ring is 1. The lowest BCUT2D eigenvalue weighted by molar-refractivity contribution is -0.0271. The van der Waals surface area contributed by atoms with E-state index in [1.807, 2.05) is 6.07 Å². The summed E-state index contributed by atoms with van der Waals surface area (Å²) in [6.45, 7) is 2.73. The molecule has 0 atom stereocenters. The van der Waals surface area contributed by atoms with E-state index in [1.54, 1.807) is 25.1 Å². The van der Waals surface area contributed by atoms with E-state index in [9.17, 15) is 13.6 Å². The second kappa shape index (κ2) is 7.03. The SMILES string of the molecule is Cc1cc(NC(=O)c2ccc(N)cc2N2CCC3(CC2)CC3)nc(N2CC(F)(F)C2)n1. The monoisotopic (exact) mass is 428 g/mol. The van der Waals surface area contributed by atoms with Gasteiger partial charge in [-0.25, -0.2) is 13.8 Å². The Bertz CT molecular complexity index is 1020. The van der Waals surface area contributed by atoms with Crippen LogP contribution < -0.4 is 20.9 Å². The van der Waals surface area contributed by atoms with Crippen LogP contribution in [0.5, 0.6) is 0 Å². The number of nitrogens with zero attached hydrogens (tertiary/aromatic N) is 4. The molecule has 31 heavy (non-hydrogen) atoms. The fourth-order valence-electron chi connectivity index (χ4n) is 4.50. The lowest BCUT2D eigenvalue weighted by Gasteiger charge is -2.38. The number of aromatic nitrogens is 2. The molecule has 3 fully saturated rings. The number of hydrogen-bond acceptors (Lipinski definition) is 6. The maximum atomic E-state index is 13.2. The van der Waals surface area contributed by atoms with Crippen LogP contribution >= 0.6 is 0 Å². The van der Waals surface area contributed by atoms with Gasteiger partial charge in [0.25, 0.3) is 11.8 Å². The Morgan fingerprint density at radius 2 is 1.77 bits per heavy atom. The molecule has 9 heteroatoms. The van der Waals surface area contributed by atoms with E-state index in [1.165, 1.54) is 17.7 Å². The molecule has 7 nitrogen and oxygen atoms in total. The third kappa shape index (κ3) is 4.00. The maximum Gasteiger partial charge on any atom is 0.282 e. The predicted molar refractivity (Wildman–Crippen MR) is 116 cm³/mol. The van der Waals surface area contributed by atoms with Crippen molar-refractivity contribution in [2.24, 2.45) is 5.41 Å². The van der Waals surface area contributed by atoms with Gasteiger partial charge in [-0.3, -0.25) is 4.79 Å². The molecule has 1 saturated carbocycles. The minimum Gasteiger partial charge on any atom is -0.399 e. The van der Waals surface area contributed by atoms with Gasteiger partial charge in [0.1, 0.15) is 5.82 Å². The number of amides is 1. The van der Waals surface area contributed by atoms with Crippen LogP contribution in [0, 0.1) is 12.3 Å². The third-order valence-electron chi connectivity index (χ3n) is 6.60. The van der Waals surface area contributed by atoms with Gasteiger partial charge in [0.05, 0.1) is 24.3 Å². The predicted octanol–water partition coefficient (Wildman–Crippen LogP) is 3.46. The van der Waals surface area contributed by atoms with Crippen molar-refractivity contribution in [1.82, 2.24) is 9.97 Å². The van der Waals surface area contributed by atoms with Gasteiger partial charge in [-0.15, -0.1) is 0 Å². The first-order valence-electron chi connectivity index (χ1n) is 10.7. The number of carbonyl (C=O) groups is 1. The summed E-state index contributed by atoms with van der Waals surface area (Å²) in [5.41, 5.74) is 9.10. The zero-order chi connectivity index (χ0) is 21.8. The van der Waals surface area contributed by atoms with Crippen LogP contribution in [0.3, 0.4) is 0 Å². The second-order valence-corrected chi connectivity index (χ2v) is 9.12. The summed E-state index contributed by atoms with van der Waals surface area (Å²) in [5.74, 6) is -2.53. The van der Waals surface area contributed by atoms with Crippen LogP contribution in [0.1, 0.15) is 41.7 Å². The molecule has 0 bridgehead atoms. The zero-order valence-corrected chi connectivity index (χ0v) is 17.5. The number of nitrogens with one attached hydrogen (secondary N) is 1. The van der Waals surface area contributed by atoms with Crippen LogP contribution in [0.2, 0.25) is 0 Å². The van der Waals surface area contributed by atoms with Crippen LogP contribution in [-0.4, -0.2) is 48.0 Å². The Morgan fingerprint density at radius 1 is 1.06 bits per heavy atom. The summed E-state index contributed by atoms with van der Waals surface area (Å²) in [4.78, 5) is 25.3. The summed E-state index contributed by atoms with van der Waals surface area (Å²) in [6.07, 6.45) is 4.89. The molecule has 0 unspecified atom stereocenters. The van der Waals surface area contributed by atoms with Crippen molar-refractivity contribution < 1.29 is 13.6 Å². The number of nitrogens with two attached hydrogens (primary N) is 1. The van der Waals surface area contributed by atoms with Crippen LogP contribution in [0.25, 0.3) is 0 Å². The molecule has 0 radical (unpaired) electrons. The number of hydrogen-bond donors (Lipinski definition) is 2. The van der Waals surface area contributed by atoms with E-state index in [2.05, 4.69) is 20.2 Å². The zero-order valence-electron chi connectivity index (χ0n) is 17.5. The highest BCUT2D eigenvalue weighted by Crippen LogP contribution is 2.54. The van der Waals surface area contributed by atoms with Crippen molar-refractivity contribution >= 4 is 29.0 Å². The highest BCUT2D eigenvalue weighted by atomic mass is 19.3. The van der Waals surface area contributed by atoms with E-state index < -0.39 is 19.0 Å². The molecule has 3 N–H and O–H groups in total. The normalized spacial score (nSPS) is 21.0. The molecule has 5 rings (SSSR count). The third-order valence-corrected chi connectivity index (χ3v) is 6.60. The number of piperidine rings is 1. The van der Waals surface area contributed by atoms with Gasteiger partial charge in [-0.2, -0.15) is 4.98 Å². The number of rotatable bonds is 4. The summed E-state index contributed by atoms with van der Waals surface area (Å²) in [7, 11) is 0. The molecule has 1 aromatic carbocycles. The summed E-state index contributed by atoms with van der Waals surface area (Å²) in [6, 6.07) is 6.92. The van der Waals surface area contributed by atoms with Gasteiger partial charge >= 0.3 is 0 Å². The van der Waals surface area contributed by atoms with Gasteiger partial charge in [-0.1, -0.05) is 0 Å². The molecule has 1 aliphatic carbocycles. The maximum absolute atomic E-state index is 13.2. The van der Waals surface area contributed by atoms with Crippen molar-refractivity contribution in [2.75, 3.05) is 47.0 Å². The van der Waals surface area contributed by atoms with Crippen molar-refractivity contribution in [1.29, 1.82) is 0 Å². The lowest BCUT2D eigenvalue weighted by Crippen LogP contribution is -2.57. The smallest absolute Gasteiger partial charge is 0.282 e. The number of carbonyl (C=O) groups excluding carboxylic acids is 1. The van der Waals surface area contributed by atoms with E-state index in [0.717, 1.165) is 31.6 Å². The Morgan fingerprint density at radius 3 is 2.42 bits per heavy atom. The average molecular weight is 428 g/mol. The van der Waals surface area contributed by atoms with Crippen LogP contribution in [0.15, 0.2) is 24.3 Å². The number of alkyl halides is 2. The summed E-state index contributed by atoms with van der Waals surface area (Å²) < 4.78 is 26.5. The van der Waals surface area contributed by atoms with E-state index >= 15 is 0 Å². The van der Waals surface area contributed by atoms with Crippen molar-refractivity contribution in [3.63, 3.8) is 0 Å². The summed E-state index contributed by atoms with van der Waals surface area (Å²) >= 11 is 0. The van der Waals surface area contributed by atoms with Gasteiger partial charge in [0.2, 0.25) is 5.95 Å². The topological polar surface area (TPSA) is 87.4 Å². The Hall–Kier alpha value is -2.97. The molecule has 2 aliphatic heterocycles. The van der Waals surface area contributed by atoms with Crippen molar-refractivity contribution in [3.05, 3.63) is 35.5 Å². The highest BCUT2D eigenvalue weighted by molar-refractivity contribution is 6.08. The van der Waals surface area contributed by atoms with Gasteiger partial charge in [0, 0.05) is 30.5 Å². The molecular weight excluding hydrogens is 402 g/mol. The second-order valence-electron chi connectivity index (χ2n) is 9.12. The summed E-state index contributed by atoms with van der Waals surface area (Å²) in [5, 5.41) is 2.82. The average Bonchev–Trinajstić information content (AvgIpc) is 3.45. The Balaban J connectivity index is 1.35. The largest absolute Gasteiger partial charge is 0.399 e. The fraction of sp³-hybridized carbons (Fsp3) is 0.500. The first-order chi connectivity index (χ1) is 14.7. The van der Waals surface area contributed by atoms with Gasteiger partial charge in [-0.05, 0) is 56.2 Å². The molecule has 1 spiro atoms. The first-order valence-corrected chi connectivity index (χ1v) is 10.7. The van der Waals surface area contributed by atoms with Crippen molar-refractivity contribution in [2.45, 2.75) is 38.5 Å². The minimum absolute atomic E-state index is 0.199. The number of anilines is 4. The molecule has 2 saturated heterocycles. The number of halogens is 2. The van der Waals surface area contributed by atoms with E-state index in [0.29, 0.717) is 28.2 Å².